The minimum atomic E-state index is -3.63. The summed E-state index contributed by atoms with van der Waals surface area (Å²) in [5.41, 5.74) is 1.73. The van der Waals surface area contributed by atoms with Gasteiger partial charge in [-0.1, -0.05) is 26.0 Å². The average Bonchev–Trinajstić information content (AvgIpc) is 2.79. The Hall–Kier alpha value is -2.89. The van der Waals surface area contributed by atoms with Crippen LogP contribution in [0, 0.1) is 5.82 Å². The molecule has 9 nitrogen and oxygen atoms in total. The lowest BCUT2D eigenvalue weighted by molar-refractivity contribution is -0.290. The molecule has 0 aliphatic carbocycles. The predicted octanol–water partition coefficient (Wildman–Crippen LogP) is 5.46. The molecule has 1 aliphatic rings. The van der Waals surface area contributed by atoms with Crippen LogP contribution in [0.3, 0.4) is 0 Å². The molecule has 11 heteroatoms. The molecule has 1 aromatic carbocycles. The average molecular weight is 578 g/mol. The molecular formula is C29H40FN3O6S. The van der Waals surface area contributed by atoms with Crippen molar-refractivity contribution in [3.05, 3.63) is 47.4 Å². The van der Waals surface area contributed by atoms with Crippen molar-refractivity contribution in [2.75, 3.05) is 17.6 Å². The van der Waals surface area contributed by atoms with Crippen LogP contribution in [-0.2, 0) is 29.0 Å². The number of halogens is 1. The summed E-state index contributed by atoms with van der Waals surface area (Å²) in [6.07, 6.45) is 4.46. The van der Waals surface area contributed by atoms with Gasteiger partial charge in [-0.15, -0.1) is 0 Å². The fourth-order valence-corrected chi connectivity index (χ4v) is 4.74. The molecule has 0 saturated carbocycles. The molecule has 2 aromatic rings. The first kappa shape index (κ1) is 31.6. The number of nitrogens with zero attached hydrogens (tertiary/aromatic N) is 3. The van der Waals surface area contributed by atoms with Gasteiger partial charge in [0.2, 0.25) is 16.0 Å². The Morgan fingerprint density at radius 2 is 1.82 bits per heavy atom. The predicted molar refractivity (Wildman–Crippen MR) is 153 cm³/mol. The number of carbonyl (C=O) groups is 1. The van der Waals surface area contributed by atoms with Crippen LogP contribution in [0.5, 0.6) is 0 Å². The van der Waals surface area contributed by atoms with Crippen LogP contribution in [0.4, 0.5) is 10.3 Å². The first-order valence-corrected chi connectivity index (χ1v) is 15.1. The number of carbonyl (C=O) groups excluding carboxylic acids is 1. The number of aromatic nitrogens is 2. The monoisotopic (exact) mass is 577 g/mol. The van der Waals surface area contributed by atoms with Gasteiger partial charge in [-0.2, -0.15) is 0 Å². The zero-order chi connectivity index (χ0) is 30.0. The van der Waals surface area contributed by atoms with Gasteiger partial charge in [-0.3, -0.25) is 4.79 Å². The molecule has 0 bridgehead atoms. The number of hydrogen-bond acceptors (Lipinski definition) is 8. The van der Waals surface area contributed by atoms with Gasteiger partial charge < -0.3 is 14.2 Å². The third-order valence-electron chi connectivity index (χ3n) is 6.08. The lowest BCUT2D eigenvalue weighted by Crippen LogP contribution is -2.45. The summed E-state index contributed by atoms with van der Waals surface area (Å²) in [5.74, 6) is -1.78. The third-order valence-corrected chi connectivity index (χ3v) is 7.24. The van der Waals surface area contributed by atoms with E-state index in [-0.39, 0.29) is 24.3 Å². The van der Waals surface area contributed by atoms with Crippen LogP contribution in [0.2, 0.25) is 0 Å². The number of esters is 1. The summed E-state index contributed by atoms with van der Waals surface area (Å²) in [6, 6.07) is 5.83. The van der Waals surface area contributed by atoms with Crippen molar-refractivity contribution in [2.45, 2.75) is 90.8 Å². The van der Waals surface area contributed by atoms with Crippen molar-refractivity contribution >= 4 is 28.0 Å². The zero-order valence-corrected chi connectivity index (χ0v) is 25.5. The highest BCUT2D eigenvalue weighted by Gasteiger charge is 2.36. The molecule has 0 spiro atoms. The van der Waals surface area contributed by atoms with Gasteiger partial charge in [0.05, 0.1) is 36.3 Å². The minimum Gasteiger partial charge on any atom is -0.460 e. The number of sulfonamides is 1. The summed E-state index contributed by atoms with van der Waals surface area (Å²) >= 11 is 0. The number of ether oxygens (including phenoxy) is 3. The van der Waals surface area contributed by atoms with Crippen molar-refractivity contribution < 1.29 is 31.8 Å². The standard InChI is InChI=1S/C29H40FN3O6S/c1-18(2)25-23(15-14-21-16-22(38-29(6,7)37-21)17-24(34)39-28(3,4)5)26(19-10-12-20(30)13-11-19)32-27(31-25)33(8)40(9,35)36/h10-15,18,21-22H,16-17H2,1-9H3/b15-14+/t21-,22+/m0/s1. The van der Waals surface area contributed by atoms with E-state index in [9.17, 15) is 17.6 Å². The Labute approximate surface area is 236 Å². The van der Waals surface area contributed by atoms with E-state index in [2.05, 4.69) is 9.97 Å². The molecule has 1 saturated heterocycles. The molecule has 40 heavy (non-hydrogen) atoms. The summed E-state index contributed by atoms with van der Waals surface area (Å²) in [6.45, 7) is 12.9. The van der Waals surface area contributed by atoms with E-state index >= 15 is 0 Å². The molecule has 0 amide bonds. The molecular weight excluding hydrogens is 537 g/mol. The Bertz CT molecular complexity index is 1350. The highest BCUT2D eigenvalue weighted by Crippen LogP contribution is 2.34. The summed E-state index contributed by atoms with van der Waals surface area (Å²) in [5, 5.41) is 0. The van der Waals surface area contributed by atoms with Crippen molar-refractivity contribution in [2.24, 2.45) is 0 Å². The van der Waals surface area contributed by atoms with Crippen molar-refractivity contribution in [1.82, 2.24) is 9.97 Å². The summed E-state index contributed by atoms with van der Waals surface area (Å²) in [7, 11) is -2.24. The van der Waals surface area contributed by atoms with Crippen LogP contribution in [0.1, 0.15) is 78.5 Å². The van der Waals surface area contributed by atoms with Gasteiger partial charge in [0.15, 0.2) is 5.79 Å². The highest BCUT2D eigenvalue weighted by molar-refractivity contribution is 7.92. The van der Waals surface area contributed by atoms with E-state index in [4.69, 9.17) is 14.2 Å². The molecule has 0 unspecified atom stereocenters. The van der Waals surface area contributed by atoms with E-state index < -0.39 is 39.4 Å². The smallest absolute Gasteiger partial charge is 0.308 e. The Balaban J connectivity index is 2.04. The van der Waals surface area contributed by atoms with Gasteiger partial charge in [0.1, 0.15) is 11.4 Å². The quantitative estimate of drug-likeness (QED) is 0.381. The van der Waals surface area contributed by atoms with Gasteiger partial charge in [-0.05, 0) is 64.8 Å². The second-order valence-corrected chi connectivity index (χ2v) is 13.8. The van der Waals surface area contributed by atoms with Gasteiger partial charge in [0.25, 0.3) is 0 Å². The van der Waals surface area contributed by atoms with E-state index in [0.717, 1.165) is 10.6 Å². The normalized spacial score (nSPS) is 19.7. The molecule has 0 N–H and O–H groups in total. The first-order chi connectivity index (χ1) is 18.3. The van der Waals surface area contributed by atoms with E-state index in [1.807, 2.05) is 46.8 Å². The van der Waals surface area contributed by atoms with Crippen molar-refractivity contribution in [3.63, 3.8) is 0 Å². The van der Waals surface area contributed by atoms with E-state index in [0.29, 0.717) is 28.9 Å². The second kappa shape index (κ2) is 11.9. The maximum Gasteiger partial charge on any atom is 0.308 e. The fraction of sp³-hybridized carbons (Fsp3) is 0.552. The number of benzene rings is 1. The first-order valence-electron chi connectivity index (χ1n) is 13.2. The van der Waals surface area contributed by atoms with Gasteiger partial charge in [0, 0.05) is 24.6 Å². The van der Waals surface area contributed by atoms with Crippen LogP contribution >= 0.6 is 0 Å². The van der Waals surface area contributed by atoms with Crippen LogP contribution < -0.4 is 4.31 Å². The topological polar surface area (TPSA) is 108 Å². The molecule has 2 atom stereocenters. The molecule has 1 aromatic heterocycles. The third kappa shape index (κ3) is 8.55. The lowest BCUT2D eigenvalue weighted by Gasteiger charge is -2.39. The van der Waals surface area contributed by atoms with Crippen LogP contribution in [-0.4, -0.2) is 61.3 Å². The van der Waals surface area contributed by atoms with Crippen LogP contribution in [0.25, 0.3) is 17.3 Å². The summed E-state index contributed by atoms with van der Waals surface area (Å²) < 4.78 is 57.0. The van der Waals surface area contributed by atoms with Crippen molar-refractivity contribution in [1.29, 1.82) is 0 Å². The maximum absolute atomic E-state index is 13.8. The molecule has 1 fully saturated rings. The Kier molecular flexibility index (Phi) is 9.43. The molecule has 1 aliphatic heterocycles. The number of rotatable bonds is 8. The molecule has 3 rings (SSSR count). The van der Waals surface area contributed by atoms with Crippen molar-refractivity contribution in [3.8, 4) is 11.3 Å². The summed E-state index contributed by atoms with van der Waals surface area (Å²) in [4.78, 5) is 21.7. The maximum atomic E-state index is 13.8. The Morgan fingerprint density at radius 3 is 2.38 bits per heavy atom. The van der Waals surface area contributed by atoms with Gasteiger partial charge in [-0.25, -0.2) is 27.1 Å². The van der Waals surface area contributed by atoms with Crippen LogP contribution in [0.15, 0.2) is 30.3 Å². The SMILES string of the molecule is CC(C)c1nc(N(C)S(C)(=O)=O)nc(-c2ccc(F)cc2)c1/C=C/[C@H]1C[C@H](CC(=O)OC(C)(C)C)OC(C)(C)O1. The van der Waals surface area contributed by atoms with Gasteiger partial charge >= 0.3 is 5.97 Å². The van der Waals surface area contributed by atoms with E-state index in [1.54, 1.807) is 26.0 Å². The molecule has 0 radical (unpaired) electrons. The minimum absolute atomic E-state index is 0.0172. The fourth-order valence-electron chi connectivity index (χ4n) is 4.36. The zero-order valence-electron chi connectivity index (χ0n) is 24.7. The highest BCUT2D eigenvalue weighted by atomic mass is 32.2. The Morgan fingerprint density at radius 1 is 1.20 bits per heavy atom. The molecule has 220 valence electrons. The second-order valence-electron chi connectivity index (χ2n) is 11.7. The van der Waals surface area contributed by atoms with E-state index in [1.165, 1.54) is 19.2 Å². The lowest BCUT2D eigenvalue weighted by atomic mass is 9.97. The largest absolute Gasteiger partial charge is 0.460 e. The molecule has 2 heterocycles. The number of anilines is 1. The number of hydrogen-bond donors (Lipinski definition) is 0.